The van der Waals surface area contributed by atoms with E-state index < -0.39 is 0 Å². The molecular formula is C29H27ClN6O3. The van der Waals surface area contributed by atoms with E-state index >= 15 is 0 Å². The van der Waals surface area contributed by atoms with E-state index in [0.29, 0.717) is 18.2 Å². The third kappa shape index (κ3) is 5.12. The van der Waals surface area contributed by atoms with Crippen LogP contribution in [0.25, 0.3) is 33.3 Å². The molecule has 3 heterocycles. The maximum Gasteiger partial charge on any atom is 0.206 e. The Morgan fingerprint density at radius 3 is 2.79 bits per heavy atom. The average molecular weight is 543 g/mol. The van der Waals surface area contributed by atoms with Gasteiger partial charge in [-0.25, -0.2) is 4.68 Å². The zero-order valence-electron chi connectivity index (χ0n) is 21.5. The van der Waals surface area contributed by atoms with Crippen molar-refractivity contribution >= 4 is 28.2 Å². The summed E-state index contributed by atoms with van der Waals surface area (Å²) in [6.07, 6.45) is 3.39. The SMILES string of the molecule is COc1ccc(CNc2cnnc3cc(-c4cc(Cl)ccc4-c4ccn(C5NCCO5)n4)ccc23)c(OC)c1. The summed E-state index contributed by atoms with van der Waals surface area (Å²) in [6.45, 7) is 2.01. The Kier molecular flexibility index (Phi) is 7.02. The standard InChI is InChI=1S/C29H27ClN6O3/c1-37-21-6-3-19(28(15-21)38-2)16-32-27-17-33-34-26-13-18(4-7-23(26)27)24-14-20(30)5-8-22(24)25-9-11-36(35-25)29-31-10-12-39-29/h3-9,11,13-15,17,29,31H,10,12,16H2,1-2H3,(H,32,34). The lowest BCUT2D eigenvalue weighted by atomic mass is 9.96. The Labute approximate surface area is 230 Å². The van der Waals surface area contributed by atoms with Gasteiger partial charge in [-0.2, -0.15) is 15.3 Å². The number of ether oxygens (including phenoxy) is 3. The second kappa shape index (κ2) is 10.9. The third-order valence-electron chi connectivity index (χ3n) is 6.72. The molecule has 10 heteroatoms. The number of fused-ring (bicyclic) bond motifs is 1. The van der Waals surface area contributed by atoms with E-state index in [4.69, 9.17) is 30.9 Å². The number of methoxy groups -OCH3 is 2. The molecule has 0 spiro atoms. The fraction of sp³-hybridized carbons (Fsp3) is 0.207. The van der Waals surface area contributed by atoms with E-state index in [9.17, 15) is 0 Å². The fourth-order valence-corrected chi connectivity index (χ4v) is 4.90. The molecule has 1 aliphatic rings. The number of hydrogen-bond acceptors (Lipinski definition) is 8. The second-order valence-corrected chi connectivity index (χ2v) is 9.51. The zero-order valence-corrected chi connectivity index (χ0v) is 22.3. The lowest BCUT2D eigenvalue weighted by Gasteiger charge is -2.14. The molecule has 9 nitrogen and oxygen atoms in total. The first kappa shape index (κ1) is 25.1. The number of nitrogens with one attached hydrogen (secondary N) is 2. The molecule has 2 aromatic heterocycles. The average Bonchev–Trinajstić information content (AvgIpc) is 3.68. The highest BCUT2D eigenvalue weighted by Gasteiger charge is 2.19. The lowest BCUT2D eigenvalue weighted by molar-refractivity contribution is 0.0345. The maximum atomic E-state index is 6.44. The molecule has 0 amide bonds. The van der Waals surface area contributed by atoms with Gasteiger partial charge in [0.05, 0.1) is 43.9 Å². The number of nitrogens with zero attached hydrogens (tertiary/aromatic N) is 4. The van der Waals surface area contributed by atoms with Crippen molar-refractivity contribution in [1.82, 2.24) is 25.3 Å². The van der Waals surface area contributed by atoms with Gasteiger partial charge >= 0.3 is 0 Å². The number of anilines is 1. The quantitative estimate of drug-likeness (QED) is 0.265. The summed E-state index contributed by atoms with van der Waals surface area (Å²) in [6, 6.07) is 19.7. The van der Waals surface area contributed by atoms with Gasteiger partial charge < -0.3 is 19.5 Å². The van der Waals surface area contributed by atoms with Crippen molar-refractivity contribution in [3.63, 3.8) is 0 Å². The van der Waals surface area contributed by atoms with Gasteiger partial charge in [-0.1, -0.05) is 23.7 Å². The molecule has 6 rings (SSSR count). The summed E-state index contributed by atoms with van der Waals surface area (Å²) >= 11 is 6.44. The predicted molar refractivity (Wildman–Crippen MR) is 151 cm³/mol. The molecule has 0 radical (unpaired) electrons. The molecule has 1 saturated heterocycles. The van der Waals surface area contributed by atoms with E-state index in [0.717, 1.165) is 62.6 Å². The van der Waals surface area contributed by atoms with E-state index in [1.165, 1.54) is 0 Å². The van der Waals surface area contributed by atoms with E-state index in [1.807, 2.05) is 60.8 Å². The summed E-state index contributed by atoms with van der Waals surface area (Å²) in [5.74, 6) is 1.50. The van der Waals surface area contributed by atoms with Crippen molar-refractivity contribution in [2.75, 3.05) is 32.7 Å². The number of rotatable bonds is 8. The van der Waals surface area contributed by atoms with Crippen LogP contribution < -0.4 is 20.1 Å². The van der Waals surface area contributed by atoms with Crippen LogP contribution in [0.15, 0.2) is 73.1 Å². The first-order chi connectivity index (χ1) is 19.1. The Bertz CT molecular complexity index is 1630. The molecule has 3 aromatic carbocycles. The summed E-state index contributed by atoms with van der Waals surface area (Å²) in [7, 11) is 3.29. The van der Waals surface area contributed by atoms with Crippen molar-refractivity contribution in [3.8, 4) is 33.9 Å². The minimum atomic E-state index is -0.255. The van der Waals surface area contributed by atoms with E-state index in [2.05, 4.69) is 26.9 Å². The largest absolute Gasteiger partial charge is 0.497 e. The second-order valence-electron chi connectivity index (χ2n) is 9.07. The predicted octanol–water partition coefficient (Wildman–Crippen LogP) is 5.52. The lowest BCUT2D eigenvalue weighted by Crippen LogP contribution is -2.21. The van der Waals surface area contributed by atoms with Gasteiger partial charge in [0.1, 0.15) is 11.5 Å². The highest BCUT2D eigenvalue weighted by molar-refractivity contribution is 6.31. The molecule has 1 aliphatic heterocycles. The molecule has 0 bridgehead atoms. The molecule has 1 fully saturated rings. The van der Waals surface area contributed by atoms with Gasteiger partial charge in [-0.15, -0.1) is 0 Å². The number of halogens is 1. The molecule has 1 unspecified atom stereocenters. The van der Waals surface area contributed by atoms with Gasteiger partial charge in [0.25, 0.3) is 0 Å². The van der Waals surface area contributed by atoms with Crippen LogP contribution in [0.5, 0.6) is 11.5 Å². The third-order valence-corrected chi connectivity index (χ3v) is 6.95. The fourth-order valence-electron chi connectivity index (χ4n) is 4.73. The summed E-state index contributed by atoms with van der Waals surface area (Å²) in [5, 5.41) is 21.8. The summed E-state index contributed by atoms with van der Waals surface area (Å²) in [5.41, 5.74) is 6.35. The Morgan fingerprint density at radius 1 is 1.05 bits per heavy atom. The van der Waals surface area contributed by atoms with Crippen LogP contribution in [0.1, 0.15) is 11.9 Å². The number of hydrogen-bond donors (Lipinski definition) is 2. The van der Waals surface area contributed by atoms with Gasteiger partial charge in [0.2, 0.25) is 6.35 Å². The van der Waals surface area contributed by atoms with Crippen molar-refractivity contribution in [2.45, 2.75) is 12.9 Å². The topological polar surface area (TPSA) is 95.4 Å². The highest BCUT2D eigenvalue weighted by atomic mass is 35.5. The molecule has 198 valence electrons. The first-order valence-electron chi connectivity index (χ1n) is 12.5. The van der Waals surface area contributed by atoms with Crippen LogP contribution >= 0.6 is 11.6 Å². The Hall–Kier alpha value is -4.18. The molecule has 39 heavy (non-hydrogen) atoms. The van der Waals surface area contributed by atoms with Gasteiger partial charge in [0, 0.05) is 46.9 Å². The van der Waals surface area contributed by atoms with Crippen LogP contribution in [-0.4, -0.2) is 47.3 Å². The van der Waals surface area contributed by atoms with Crippen LogP contribution in [0.3, 0.4) is 0 Å². The maximum absolute atomic E-state index is 6.44. The molecule has 0 aliphatic carbocycles. The Balaban J connectivity index is 1.31. The van der Waals surface area contributed by atoms with Crippen LogP contribution in [-0.2, 0) is 11.3 Å². The monoisotopic (exact) mass is 542 g/mol. The molecule has 2 N–H and O–H groups in total. The minimum Gasteiger partial charge on any atom is -0.497 e. The van der Waals surface area contributed by atoms with Gasteiger partial charge in [-0.3, -0.25) is 5.32 Å². The van der Waals surface area contributed by atoms with Crippen LogP contribution in [0.2, 0.25) is 5.02 Å². The number of aromatic nitrogens is 4. The van der Waals surface area contributed by atoms with Gasteiger partial charge in [-0.05, 0) is 53.6 Å². The van der Waals surface area contributed by atoms with Crippen molar-refractivity contribution in [2.24, 2.45) is 0 Å². The first-order valence-corrected chi connectivity index (χ1v) is 12.9. The van der Waals surface area contributed by atoms with E-state index in [-0.39, 0.29) is 6.35 Å². The number of benzene rings is 3. The van der Waals surface area contributed by atoms with Crippen LogP contribution in [0, 0.1) is 0 Å². The van der Waals surface area contributed by atoms with Crippen LogP contribution in [0.4, 0.5) is 5.69 Å². The molecule has 5 aromatic rings. The molecular weight excluding hydrogens is 516 g/mol. The molecule has 1 atom stereocenters. The molecule has 0 saturated carbocycles. The summed E-state index contributed by atoms with van der Waals surface area (Å²) in [4.78, 5) is 0. The summed E-state index contributed by atoms with van der Waals surface area (Å²) < 4.78 is 18.3. The minimum absolute atomic E-state index is 0.255. The van der Waals surface area contributed by atoms with Crippen molar-refractivity contribution in [1.29, 1.82) is 0 Å². The zero-order chi connectivity index (χ0) is 26.8. The highest BCUT2D eigenvalue weighted by Crippen LogP contribution is 2.36. The van der Waals surface area contributed by atoms with E-state index in [1.54, 1.807) is 25.1 Å². The smallest absolute Gasteiger partial charge is 0.206 e. The normalized spacial score (nSPS) is 15.0. The Morgan fingerprint density at radius 2 is 1.97 bits per heavy atom. The van der Waals surface area contributed by atoms with Crippen molar-refractivity contribution < 1.29 is 14.2 Å². The van der Waals surface area contributed by atoms with Gasteiger partial charge in [0.15, 0.2) is 0 Å². The van der Waals surface area contributed by atoms with Crippen molar-refractivity contribution in [3.05, 3.63) is 83.6 Å².